The van der Waals surface area contributed by atoms with Crippen LogP contribution in [0.15, 0.2) is 24.3 Å². The van der Waals surface area contributed by atoms with E-state index in [0.717, 1.165) is 0 Å². The molecule has 3 nitrogen and oxygen atoms in total. The standard InChI is InChI=1S/C8H8BrNO2/c1-6(9)7-4-2-3-5-8(7)10(11)12/h2-6H,1H3/t6-/m1/s1. The van der Waals surface area contributed by atoms with Crippen molar-refractivity contribution in [3.05, 3.63) is 39.9 Å². The van der Waals surface area contributed by atoms with Crippen LogP contribution in [0.2, 0.25) is 0 Å². The summed E-state index contributed by atoms with van der Waals surface area (Å²) < 4.78 is 0. The quantitative estimate of drug-likeness (QED) is 0.445. The smallest absolute Gasteiger partial charge is 0.258 e. The number of hydrogen-bond acceptors (Lipinski definition) is 2. The molecule has 0 fully saturated rings. The molecule has 0 aliphatic rings. The Hall–Kier alpha value is -0.900. The van der Waals surface area contributed by atoms with Crippen LogP contribution in [0, 0.1) is 10.1 Å². The van der Waals surface area contributed by atoms with Crippen molar-refractivity contribution in [2.24, 2.45) is 0 Å². The van der Waals surface area contributed by atoms with E-state index in [4.69, 9.17) is 0 Å². The second kappa shape index (κ2) is 3.67. The number of nitro groups is 1. The largest absolute Gasteiger partial charge is 0.273 e. The topological polar surface area (TPSA) is 43.1 Å². The van der Waals surface area contributed by atoms with Crippen LogP contribution >= 0.6 is 15.9 Å². The molecule has 0 heterocycles. The number of benzene rings is 1. The van der Waals surface area contributed by atoms with Crippen molar-refractivity contribution in [3.8, 4) is 0 Å². The zero-order valence-corrected chi connectivity index (χ0v) is 8.11. The third-order valence-electron chi connectivity index (χ3n) is 1.56. The minimum atomic E-state index is -0.368. The van der Waals surface area contributed by atoms with Gasteiger partial charge in [0.15, 0.2) is 0 Å². The number of rotatable bonds is 2. The maximum Gasteiger partial charge on any atom is 0.273 e. The monoisotopic (exact) mass is 229 g/mol. The van der Waals surface area contributed by atoms with E-state index in [9.17, 15) is 10.1 Å². The van der Waals surface area contributed by atoms with Gasteiger partial charge in [0.2, 0.25) is 0 Å². The van der Waals surface area contributed by atoms with E-state index in [1.807, 2.05) is 6.92 Å². The summed E-state index contributed by atoms with van der Waals surface area (Å²) in [5, 5.41) is 10.5. The predicted octanol–water partition coefficient (Wildman–Crippen LogP) is 3.05. The highest BCUT2D eigenvalue weighted by Gasteiger charge is 2.15. The van der Waals surface area contributed by atoms with Crippen molar-refractivity contribution in [1.29, 1.82) is 0 Å². The summed E-state index contributed by atoms with van der Waals surface area (Å²) in [5.41, 5.74) is 0.879. The van der Waals surface area contributed by atoms with Gasteiger partial charge < -0.3 is 0 Å². The Balaban J connectivity index is 3.17. The Bertz CT molecular complexity index is 299. The summed E-state index contributed by atoms with van der Waals surface area (Å²) in [7, 11) is 0. The van der Waals surface area contributed by atoms with Crippen LogP contribution < -0.4 is 0 Å². The van der Waals surface area contributed by atoms with E-state index in [2.05, 4.69) is 15.9 Å². The first-order valence-electron chi connectivity index (χ1n) is 3.50. The molecule has 0 aliphatic heterocycles. The van der Waals surface area contributed by atoms with E-state index in [1.165, 1.54) is 6.07 Å². The van der Waals surface area contributed by atoms with Crippen molar-refractivity contribution >= 4 is 21.6 Å². The molecule has 1 aromatic rings. The Morgan fingerprint density at radius 2 is 2.08 bits per heavy atom. The molecule has 0 unspecified atom stereocenters. The van der Waals surface area contributed by atoms with Crippen molar-refractivity contribution in [1.82, 2.24) is 0 Å². The summed E-state index contributed by atoms with van der Waals surface area (Å²) in [6, 6.07) is 6.71. The van der Waals surface area contributed by atoms with E-state index in [0.29, 0.717) is 5.56 Å². The number of alkyl halides is 1. The molecule has 0 radical (unpaired) electrons. The van der Waals surface area contributed by atoms with Gasteiger partial charge in [-0.3, -0.25) is 10.1 Å². The molecule has 4 heteroatoms. The van der Waals surface area contributed by atoms with Crippen molar-refractivity contribution in [3.63, 3.8) is 0 Å². The van der Waals surface area contributed by atoms with E-state index < -0.39 is 0 Å². The van der Waals surface area contributed by atoms with Gasteiger partial charge in [0.05, 0.1) is 4.92 Å². The average Bonchev–Trinajstić information content (AvgIpc) is 2.04. The van der Waals surface area contributed by atoms with E-state index in [1.54, 1.807) is 18.2 Å². The Morgan fingerprint density at radius 1 is 1.50 bits per heavy atom. The van der Waals surface area contributed by atoms with Gasteiger partial charge in [-0.15, -0.1) is 0 Å². The first-order chi connectivity index (χ1) is 5.63. The number of nitro benzene ring substituents is 1. The normalized spacial score (nSPS) is 12.5. The zero-order chi connectivity index (χ0) is 9.14. The molecule has 1 atom stereocenters. The fourth-order valence-electron chi connectivity index (χ4n) is 0.990. The summed E-state index contributed by atoms with van der Waals surface area (Å²) in [4.78, 5) is 10.2. The molecule has 64 valence electrons. The van der Waals surface area contributed by atoms with Gasteiger partial charge in [-0.1, -0.05) is 34.1 Å². The molecule has 0 N–H and O–H groups in total. The molecule has 1 aromatic carbocycles. The van der Waals surface area contributed by atoms with Gasteiger partial charge in [-0.05, 0) is 6.92 Å². The van der Waals surface area contributed by atoms with Crippen LogP contribution in [0.4, 0.5) is 5.69 Å². The lowest BCUT2D eigenvalue weighted by atomic mass is 10.1. The van der Waals surface area contributed by atoms with Gasteiger partial charge in [-0.2, -0.15) is 0 Å². The molecule has 12 heavy (non-hydrogen) atoms. The fraction of sp³-hybridized carbons (Fsp3) is 0.250. The van der Waals surface area contributed by atoms with Gasteiger partial charge in [-0.25, -0.2) is 0 Å². The third kappa shape index (κ3) is 1.82. The summed E-state index contributed by atoms with van der Waals surface area (Å²) in [5.74, 6) is 0. The molecule has 0 aliphatic carbocycles. The number of nitrogens with zero attached hydrogens (tertiary/aromatic N) is 1. The van der Waals surface area contributed by atoms with Gasteiger partial charge >= 0.3 is 0 Å². The zero-order valence-electron chi connectivity index (χ0n) is 6.53. The van der Waals surface area contributed by atoms with Crippen molar-refractivity contribution in [2.45, 2.75) is 11.8 Å². The predicted molar refractivity (Wildman–Crippen MR) is 50.4 cm³/mol. The Kier molecular flexibility index (Phi) is 2.81. The molecule has 0 amide bonds. The van der Waals surface area contributed by atoms with Crippen LogP contribution in [0.5, 0.6) is 0 Å². The highest BCUT2D eigenvalue weighted by Crippen LogP contribution is 2.29. The van der Waals surface area contributed by atoms with E-state index >= 15 is 0 Å². The molecular weight excluding hydrogens is 222 g/mol. The molecule has 0 saturated heterocycles. The second-order valence-electron chi connectivity index (χ2n) is 2.43. The molecule has 0 saturated carbocycles. The highest BCUT2D eigenvalue weighted by molar-refractivity contribution is 9.09. The number of hydrogen-bond donors (Lipinski definition) is 0. The molecule has 0 bridgehead atoms. The molecular formula is C8H8BrNO2. The molecule has 0 aromatic heterocycles. The Morgan fingerprint density at radius 3 is 2.50 bits per heavy atom. The summed E-state index contributed by atoms with van der Waals surface area (Å²) >= 11 is 3.30. The lowest BCUT2D eigenvalue weighted by molar-refractivity contribution is -0.385. The maximum absolute atomic E-state index is 10.5. The van der Waals surface area contributed by atoms with Gasteiger partial charge in [0.1, 0.15) is 0 Å². The number of halogens is 1. The second-order valence-corrected chi connectivity index (χ2v) is 3.81. The van der Waals surface area contributed by atoms with Gasteiger partial charge in [0, 0.05) is 16.5 Å². The Labute approximate surface area is 78.7 Å². The van der Waals surface area contributed by atoms with Crippen LogP contribution in [0.3, 0.4) is 0 Å². The minimum Gasteiger partial charge on any atom is -0.258 e. The summed E-state index contributed by atoms with van der Waals surface area (Å²) in [6.07, 6.45) is 0. The lowest BCUT2D eigenvalue weighted by Gasteiger charge is -2.03. The van der Waals surface area contributed by atoms with Crippen molar-refractivity contribution < 1.29 is 4.92 Å². The highest BCUT2D eigenvalue weighted by atomic mass is 79.9. The maximum atomic E-state index is 10.5. The SMILES string of the molecule is C[C@@H](Br)c1ccccc1[N+](=O)[O-]. The molecule has 0 spiro atoms. The van der Waals surface area contributed by atoms with Crippen LogP contribution in [-0.2, 0) is 0 Å². The van der Waals surface area contributed by atoms with Crippen LogP contribution in [0.25, 0.3) is 0 Å². The first-order valence-corrected chi connectivity index (χ1v) is 4.42. The average molecular weight is 230 g/mol. The van der Waals surface area contributed by atoms with Gasteiger partial charge in [0.25, 0.3) is 5.69 Å². The lowest BCUT2D eigenvalue weighted by Crippen LogP contribution is -1.94. The minimum absolute atomic E-state index is 0.0131. The summed E-state index contributed by atoms with van der Waals surface area (Å²) in [6.45, 7) is 1.86. The third-order valence-corrected chi connectivity index (χ3v) is 2.06. The van der Waals surface area contributed by atoms with E-state index in [-0.39, 0.29) is 15.4 Å². The van der Waals surface area contributed by atoms with Crippen LogP contribution in [0.1, 0.15) is 17.3 Å². The molecule has 1 rings (SSSR count). The van der Waals surface area contributed by atoms with Crippen molar-refractivity contribution in [2.75, 3.05) is 0 Å². The number of para-hydroxylation sites is 1. The fourth-order valence-corrected chi connectivity index (χ4v) is 1.38. The van der Waals surface area contributed by atoms with Crippen LogP contribution in [-0.4, -0.2) is 4.92 Å². The first kappa shape index (κ1) is 9.19.